The fourth-order valence-corrected chi connectivity index (χ4v) is 2.91. The quantitative estimate of drug-likeness (QED) is 0.836. The Labute approximate surface area is 140 Å². The van der Waals surface area contributed by atoms with E-state index in [1.54, 1.807) is 24.3 Å². The smallest absolute Gasteiger partial charge is 0.266 e. The normalized spacial score (nSPS) is 13.6. The first-order valence-electron chi connectivity index (χ1n) is 6.62. The van der Waals surface area contributed by atoms with Crippen molar-refractivity contribution in [1.82, 2.24) is 4.98 Å². The van der Waals surface area contributed by atoms with Crippen molar-refractivity contribution in [3.05, 3.63) is 47.8 Å². The summed E-state index contributed by atoms with van der Waals surface area (Å²) in [7, 11) is 0. The van der Waals surface area contributed by atoms with Crippen LogP contribution in [0.1, 0.15) is 26.3 Å². The van der Waals surface area contributed by atoms with Crippen molar-refractivity contribution in [3.63, 3.8) is 0 Å². The number of aromatic nitrogens is 1. The Morgan fingerprint density at radius 1 is 1.36 bits per heavy atom. The van der Waals surface area contributed by atoms with E-state index in [0.29, 0.717) is 13.7 Å². The predicted octanol–water partition coefficient (Wildman–Crippen LogP) is 2.13. The van der Waals surface area contributed by atoms with Crippen LogP contribution in [0.5, 0.6) is 5.75 Å². The standard InChI is InChI=1S/C16H16BrNO3S/c1-16(2,3)13(20)8-14-18-15(21)12(22-14)7-9-4-5-11(19)10(17)6-9/h4-8,19H,1-3H3,(H,18,21)/b12-7-,14-8-. The lowest BCUT2D eigenvalue weighted by Crippen LogP contribution is -2.22. The average Bonchev–Trinajstić information content (AvgIpc) is 2.73. The van der Waals surface area contributed by atoms with E-state index in [0.717, 1.165) is 5.56 Å². The van der Waals surface area contributed by atoms with E-state index in [1.165, 1.54) is 17.4 Å². The van der Waals surface area contributed by atoms with Crippen LogP contribution in [-0.2, 0) is 4.79 Å². The molecule has 2 rings (SSSR count). The van der Waals surface area contributed by atoms with Crippen molar-refractivity contribution in [3.8, 4) is 5.75 Å². The first kappa shape index (κ1) is 16.7. The van der Waals surface area contributed by atoms with Crippen molar-refractivity contribution in [1.29, 1.82) is 0 Å². The topological polar surface area (TPSA) is 70.2 Å². The number of Topliss-reactive ketones (excluding diaryl/α,β-unsaturated/α-hetero) is 1. The number of carbonyl (C=O) groups excluding carboxylic acids is 1. The molecule has 1 heterocycles. The molecule has 0 saturated carbocycles. The maximum Gasteiger partial charge on any atom is 0.266 e. The van der Waals surface area contributed by atoms with Gasteiger partial charge in [-0.3, -0.25) is 9.59 Å². The summed E-state index contributed by atoms with van der Waals surface area (Å²) in [5.41, 5.74) is 0.0694. The Kier molecular flexibility index (Phi) is 4.72. The third kappa shape index (κ3) is 3.96. The minimum atomic E-state index is -0.480. The summed E-state index contributed by atoms with van der Waals surface area (Å²) < 4.78 is 1.60. The highest BCUT2D eigenvalue weighted by Crippen LogP contribution is 2.24. The average molecular weight is 382 g/mol. The minimum Gasteiger partial charge on any atom is -0.507 e. The predicted molar refractivity (Wildman–Crippen MR) is 92.5 cm³/mol. The molecule has 0 radical (unpaired) electrons. The van der Waals surface area contributed by atoms with E-state index in [2.05, 4.69) is 20.9 Å². The van der Waals surface area contributed by atoms with Crippen LogP contribution in [0.3, 0.4) is 0 Å². The van der Waals surface area contributed by atoms with Gasteiger partial charge in [0.2, 0.25) is 0 Å². The first-order valence-corrected chi connectivity index (χ1v) is 8.23. The highest BCUT2D eigenvalue weighted by Gasteiger charge is 2.18. The van der Waals surface area contributed by atoms with E-state index in [-0.39, 0.29) is 17.1 Å². The number of H-pyrrole nitrogens is 1. The number of aromatic hydroxyl groups is 1. The molecule has 2 aromatic rings. The summed E-state index contributed by atoms with van der Waals surface area (Å²) in [4.78, 5) is 26.6. The molecule has 22 heavy (non-hydrogen) atoms. The Morgan fingerprint density at radius 3 is 2.64 bits per heavy atom. The number of benzene rings is 1. The lowest BCUT2D eigenvalue weighted by molar-refractivity contribution is -0.119. The van der Waals surface area contributed by atoms with Crippen molar-refractivity contribution < 1.29 is 9.90 Å². The lowest BCUT2D eigenvalue weighted by atomic mass is 9.91. The van der Waals surface area contributed by atoms with Gasteiger partial charge in [-0.05, 0) is 39.7 Å². The Bertz CT molecular complexity index is 887. The second-order valence-corrected chi connectivity index (χ2v) is 7.84. The molecule has 4 nitrogen and oxygen atoms in total. The van der Waals surface area contributed by atoms with Crippen LogP contribution in [0.4, 0.5) is 0 Å². The number of hydrogen-bond donors (Lipinski definition) is 2. The third-order valence-corrected chi connectivity index (χ3v) is 4.55. The zero-order valence-electron chi connectivity index (χ0n) is 12.4. The van der Waals surface area contributed by atoms with Gasteiger partial charge in [-0.2, -0.15) is 0 Å². The van der Waals surface area contributed by atoms with Gasteiger partial charge >= 0.3 is 0 Å². The molecule has 0 spiro atoms. The van der Waals surface area contributed by atoms with Gasteiger partial charge in [-0.25, -0.2) is 0 Å². The molecule has 0 aliphatic carbocycles. The number of ketones is 1. The van der Waals surface area contributed by atoms with Crippen LogP contribution in [0, 0.1) is 5.41 Å². The van der Waals surface area contributed by atoms with E-state index in [1.807, 2.05) is 20.8 Å². The molecule has 0 saturated heterocycles. The molecular weight excluding hydrogens is 366 g/mol. The number of halogens is 1. The second kappa shape index (κ2) is 6.22. The van der Waals surface area contributed by atoms with Gasteiger partial charge < -0.3 is 10.1 Å². The van der Waals surface area contributed by atoms with Crippen molar-refractivity contribution in [2.75, 3.05) is 0 Å². The molecule has 0 atom stereocenters. The van der Waals surface area contributed by atoms with E-state index < -0.39 is 5.41 Å². The lowest BCUT2D eigenvalue weighted by Gasteiger charge is -2.12. The number of carbonyl (C=O) groups is 1. The first-order chi connectivity index (χ1) is 10.2. The molecule has 0 fully saturated rings. The van der Waals surface area contributed by atoms with Crippen molar-refractivity contribution in [2.45, 2.75) is 20.8 Å². The molecule has 1 aromatic carbocycles. The third-order valence-electron chi connectivity index (χ3n) is 2.95. The SMILES string of the molecule is CC(C)(C)C(=O)/C=c1/[nH]c(=O)/c(=C/c2ccc(O)c(Br)c2)s1. The van der Waals surface area contributed by atoms with Crippen LogP contribution >= 0.6 is 27.3 Å². The number of rotatable bonds is 2. The van der Waals surface area contributed by atoms with Gasteiger partial charge in [0.05, 0.1) is 13.7 Å². The van der Waals surface area contributed by atoms with Crippen LogP contribution in [0.25, 0.3) is 12.2 Å². The largest absolute Gasteiger partial charge is 0.507 e. The van der Waals surface area contributed by atoms with E-state index >= 15 is 0 Å². The van der Waals surface area contributed by atoms with Crippen molar-refractivity contribution in [2.24, 2.45) is 5.41 Å². The van der Waals surface area contributed by atoms with E-state index in [9.17, 15) is 14.7 Å². The zero-order valence-corrected chi connectivity index (χ0v) is 14.8. The number of phenolic OH excluding ortho intramolecular Hbond substituents is 1. The van der Waals surface area contributed by atoms with Crippen LogP contribution in [0.15, 0.2) is 27.5 Å². The Hall–Kier alpha value is -1.66. The van der Waals surface area contributed by atoms with Gasteiger partial charge in [0.25, 0.3) is 5.56 Å². The highest BCUT2D eigenvalue weighted by atomic mass is 79.9. The monoisotopic (exact) mass is 381 g/mol. The molecule has 0 amide bonds. The Balaban J connectivity index is 2.48. The number of thiazole rings is 1. The summed E-state index contributed by atoms with van der Waals surface area (Å²) >= 11 is 4.47. The molecule has 2 N–H and O–H groups in total. The summed E-state index contributed by atoms with van der Waals surface area (Å²) in [5, 5.41) is 9.48. The Morgan fingerprint density at radius 2 is 2.05 bits per heavy atom. The molecule has 0 bridgehead atoms. The molecule has 6 heteroatoms. The molecule has 0 aliphatic rings. The molecule has 0 unspecified atom stereocenters. The maximum absolute atomic E-state index is 12.0. The van der Waals surface area contributed by atoms with Gasteiger partial charge in [-0.1, -0.05) is 26.8 Å². The molecule has 0 aliphatic heterocycles. The van der Waals surface area contributed by atoms with Crippen LogP contribution in [-0.4, -0.2) is 15.9 Å². The van der Waals surface area contributed by atoms with Gasteiger partial charge in [0.1, 0.15) is 5.75 Å². The van der Waals surface area contributed by atoms with Gasteiger partial charge in [0, 0.05) is 11.5 Å². The number of nitrogens with one attached hydrogen (secondary N) is 1. The van der Waals surface area contributed by atoms with Crippen molar-refractivity contribution >= 4 is 45.2 Å². The second-order valence-electron chi connectivity index (χ2n) is 5.90. The molecule has 116 valence electrons. The highest BCUT2D eigenvalue weighted by molar-refractivity contribution is 9.10. The fourth-order valence-electron chi connectivity index (χ4n) is 1.62. The minimum absolute atomic E-state index is 0.0380. The zero-order chi connectivity index (χ0) is 16.5. The van der Waals surface area contributed by atoms with Gasteiger partial charge in [0.15, 0.2) is 5.78 Å². The van der Waals surface area contributed by atoms with E-state index in [4.69, 9.17) is 0 Å². The number of hydrogen-bond acceptors (Lipinski definition) is 4. The maximum atomic E-state index is 12.0. The molecule has 1 aromatic heterocycles. The van der Waals surface area contributed by atoms with Crippen LogP contribution in [0.2, 0.25) is 0 Å². The molecular formula is C16H16BrNO3S. The summed E-state index contributed by atoms with van der Waals surface area (Å²) in [6.45, 7) is 5.50. The fraction of sp³-hybridized carbons (Fsp3) is 0.250. The summed E-state index contributed by atoms with van der Waals surface area (Å²) in [6, 6.07) is 4.98. The van der Waals surface area contributed by atoms with Gasteiger partial charge in [-0.15, -0.1) is 11.3 Å². The number of aromatic amines is 1. The summed E-state index contributed by atoms with van der Waals surface area (Å²) in [5.74, 6) is 0.103. The summed E-state index contributed by atoms with van der Waals surface area (Å²) in [6.07, 6.45) is 3.18. The number of phenols is 1. The van der Waals surface area contributed by atoms with Crippen LogP contribution < -0.4 is 14.8 Å².